The minimum atomic E-state index is -0.127. The minimum Gasteiger partial charge on any atom is -0.289 e. The Bertz CT molecular complexity index is 1750. The Kier molecular flexibility index (Phi) is 7.25. The van der Waals surface area contributed by atoms with Crippen LogP contribution in [-0.4, -0.2) is 35.5 Å². The first-order valence-corrected chi connectivity index (χ1v) is 13.4. The van der Waals surface area contributed by atoms with Gasteiger partial charge in [0.05, 0.1) is 0 Å². The van der Waals surface area contributed by atoms with E-state index in [0.29, 0.717) is 22.3 Å². The molecule has 0 amide bonds. The van der Waals surface area contributed by atoms with Gasteiger partial charge in [0.2, 0.25) is 0 Å². The fourth-order valence-corrected chi connectivity index (χ4v) is 5.93. The molecule has 0 aromatic heterocycles. The molecule has 0 aliphatic heterocycles. The number of fused-ring (bicyclic) bond motifs is 2. The van der Waals surface area contributed by atoms with Crippen molar-refractivity contribution in [3.63, 3.8) is 0 Å². The zero-order valence-electron chi connectivity index (χ0n) is 22.2. The molecule has 0 saturated carbocycles. The van der Waals surface area contributed by atoms with Crippen LogP contribution in [0.5, 0.6) is 0 Å². The van der Waals surface area contributed by atoms with Crippen molar-refractivity contribution in [2.75, 3.05) is 0 Å². The maximum atomic E-state index is 14.5. The molecule has 0 N–H and O–H groups in total. The van der Waals surface area contributed by atoms with Gasteiger partial charge in [0.15, 0.2) is 11.6 Å². The van der Waals surface area contributed by atoms with Gasteiger partial charge in [0.1, 0.15) is 0 Å². The molecular formula is C38H24O2Sn. The van der Waals surface area contributed by atoms with Crippen LogP contribution in [0.4, 0.5) is 0 Å². The first-order valence-electron chi connectivity index (χ1n) is 13.4. The van der Waals surface area contributed by atoms with Crippen molar-refractivity contribution in [3.05, 3.63) is 168 Å². The van der Waals surface area contributed by atoms with Gasteiger partial charge < -0.3 is 0 Å². The maximum absolute atomic E-state index is 14.5. The van der Waals surface area contributed by atoms with E-state index in [1.54, 1.807) is 12.1 Å². The van der Waals surface area contributed by atoms with Gasteiger partial charge in [0, 0.05) is 57.3 Å². The van der Waals surface area contributed by atoms with Crippen LogP contribution in [0.1, 0.15) is 31.8 Å². The van der Waals surface area contributed by atoms with Gasteiger partial charge in [-0.25, -0.2) is 0 Å². The molecule has 0 saturated heterocycles. The number of carbonyl (C=O) groups excluding carboxylic acids is 2. The molecule has 2 nitrogen and oxygen atoms in total. The SMILES string of the molecule is O=C1c2ccccc2C(=O)c2c1c(-c1ccccc1)c(-c1ccccc1)c(-c1ccccc1)c2-c1ccccc1.[Sn]. The third kappa shape index (κ3) is 4.45. The molecule has 0 fully saturated rings. The zero-order chi connectivity index (χ0) is 27.1. The Balaban J connectivity index is 0.00000302. The van der Waals surface area contributed by atoms with Crippen molar-refractivity contribution >= 4 is 35.5 Å². The van der Waals surface area contributed by atoms with E-state index < -0.39 is 0 Å². The van der Waals surface area contributed by atoms with E-state index >= 15 is 0 Å². The Hall–Kier alpha value is -4.54. The number of carbonyl (C=O) groups is 2. The van der Waals surface area contributed by atoms with Gasteiger partial charge in [-0.1, -0.05) is 146 Å². The van der Waals surface area contributed by atoms with E-state index in [2.05, 4.69) is 24.3 Å². The quantitative estimate of drug-likeness (QED) is 0.182. The summed E-state index contributed by atoms with van der Waals surface area (Å²) in [6, 6.07) is 47.5. The smallest absolute Gasteiger partial charge is 0.195 e. The molecule has 192 valence electrons. The number of benzene rings is 6. The first-order chi connectivity index (χ1) is 19.7. The molecule has 7 rings (SSSR count). The monoisotopic (exact) mass is 632 g/mol. The van der Waals surface area contributed by atoms with E-state index in [1.807, 2.05) is 109 Å². The summed E-state index contributed by atoms with van der Waals surface area (Å²) >= 11 is 0. The van der Waals surface area contributed by atoms with E-state index in [4.69, 9.17) is 0 Å². The van der Waals surface area contributed by atoms with Crippen molar-refractivity contribution in [2.45, 2.75) is 0 Å². The van der Waals surface area contributed by atoms with Crippen molar-refractivity contribution in [2.24, 2.45) is 0 Å². The van der Waals surface area contributed by atoms with Crippen LogP contribution in [0, 0.1) is 0 Å². The normalized spacial score (nSPS) is 11.8. The molecule has 0 spiro atoms. The second kappa shape index (κ2) is 11.1. The summed E-state index contributed by atoms with van der Waals surface area (Å²) in [7, 11) is 0. The number of hydrogen-bond acceptors (Lipinski definition) is 2. The molecule has 41 heavy (non-hydrogen) atoms. The molecule has 1 aliphatic rings. The third-order valence-corrected chi connectivity index (χ3v) is 7.62. The fraction of sp³-hybridized carbons (Fsp3) is 0. The van der Waals surface area contributed by atoms with Crippen LogP contribution in [0.2, 0.25) is 0 Å². The molecule has 1 aliphatic carbocycles. The van der Waals surface area contributed by atoms with Gasteiger partial charge in [-0.3, -0.25) is 9.59 Å². The van der Waals surface area contributed by atoms with Crippen molar-refractivity contribution in [3.8, 4) is 44.5 Å². The van der Waals surface area contributed by atoms with Crippen LogP contribution in [0.3, 0.4) is 0 Å². The van der Waals surface area contributed by atoms with Gasteiger partial charge in [-0.05, 0) is 33.4 Å². The summed E-state index contributed by atoms with van der Waals surface area (Å²) in [5, 5.41) is 0. The molecule has 6 aromatic rings. The van der Waals surface area contributed by atoms with Crippen LogP contribution >= 0.6 is 0 Å². The maximum Gasteiger partial charge on any atom is 0.195 e. The van der Waals surface area contributed by atoms with E-state index in [-0.39, 0.29) is 35.5 Å². The Morgan fingerprint density at radius 3 is 0.756 bits per heavy atom. The second-order valence-electron chi connectivity index (χ2n) is 9.92. The molecular weight excluding hydrogens is 607 g/mol. The summed E-state index contributed by atoms with van der Waals surface area (Å²) < 4.78 is 0. The van der Waals surface area contributed by atoms with Gasteiger partial charge in [-0.2, -0.15) is 0 Å². The van der Waals surface area contributed by atoms with Crippen LogP contribution in [0.15, 0.2) is 146 Å². The van der Waals surface area contributed by atoms with Crippen molar-refractivity contribution in [1.29, 1.82) is 0 Å². The second-order valence-corrected chi connectivity index (χ2v) is 9.92. The Morgan fingerprint density at radius 2 is 0.488 bits per heavy atom. The summed E-state index contributed by atoms with van der Waals surface area (Å²) in [4.78, 5) is 29.0. The largest absolute Gasteiger partial charge is 0.289 e. The summed E-state index contributed by atoms with van der Waals surface area (Å²) in [6.45, 7) is 0. The van der Waals surface area contributed by atoms with Crippen LogP contribution < -0.4 is 0 Å². The number of hydrogen-bond donors (Lipinski definition) is 0. The molecule has 3 heteroatoms. The van der Waals surface area contributed by atoms with Gasteiger partial charge in [0.25, 0.3) is 0 Å². The number of rotatable bonds is 4. The molecule has 4 radical (unpaired) electrons. The third-order valence-electron chi connectivity index (χ3n) is 7.62. The molecule has 0 bridgehead atoms. The van der Waals surface area contributed by atoms with Crippen molar-refractivity contribution < 1.29 is 9.59 Å². The average Bonchev–Trinajstić information content (AvgIpc) is 3.04. The van der Waals surface area contributed by atoms with Gasteiger partial charge in [-0.15, -0.1) is 0 Å². The van der Waals surface area contributed by atoms with E-state index in [1.165, 1.54) is 0 Å². The van der Waals surface area contributed by atoms with E-state index in [0.717, 1.165) is 44.5 Å². The molecule has 0 heterocycles. The fourth-order valence-electron chi connectivity index (χ4n) is 5.93. The Morgan fingerprint density at radius 1 is 0.268 bits per heavy atom. The van der Waals surface area contributed by atoms with Crippen molar-refractivity contribution in [1.82, 2.24) is 0 Å². The predicted molar refractivity (Wildman–Crippen MR) is 167 cm³/mol. The van der Waals surface area contributed by atoms with Crippen LogP contribution in [0.25, 0.3) is 44.5 Å². The summed E-state index contributed by atoms with van der Waals surface area (Å²) in [5.41, 5.74) is 9.04. The zero-order valence-corrected chi connectivity index (χ0v) is 25.0. The summed E-state index contributed by atoms with van der Waals surface area (Å²) in [6.07, 6.45) is 0. The molecule has 0 atom stereocenters. The van der Waals surface area contributed by atoms with E-state index in [9.17, 15) is 9.59 Å². The van der Waals surface area contributed by atoms with Crippen LogP contribution in [-0.2, 0) is 0 Å². The van der Waals surface area contributed by atoms with Gasteiger partial charge >= 0.3 is 0 Å². The first kappa shape index (κ1) is 26.7. The number of ketones is 2. The standard InChI is InChI=1S/C38H24O2.Sn/c39-37-29-23-13-14-24-30(29)38(40)36-34(28-21-11-4-12-22-28)32(26-17-7-2-8-18-26)31(25-15-5-1-6-16-25)33(35(36)37)27-19-9-3-10-20-27;/h1-24H;. The minimum absolute atomic E-state index is 0. The Labute approximate surface area is 256 Å². The predicted octanol–water partition coefficient (Wildman–Crippen LogP) is 8.75. The average molecular weight is 631 g/mol. The summed E-state index contributed by atoms with van der Waals surface area (Å²) in [5.74, 6) is -0.254. The topological polar surface area (TPSA) is 34.1 Å². The molecule has 0 unspecified atom stereocenters. The molecule has 6 aromatic carbocycles.